The van der Waals surface area contributed by atoms with Crippen LogP contribution < -0.4 is 10.9 Å². The molecule has 1 aromatic rings. The van der Waals surface area contributed by atoms with E-state index in [0.717, 1.165) is 13.0 Å². The quantitative estimate of drug-likeness (QED) is 0.744. The zero-order chi connectivity index (χ0) is 12.7. The third-order valence-electron chi connectivity index (χ3n) is 2.90. The Morgan fingerprint density at radius 1 is 1.53 bits per heavy atom. The Balaban J connectivity index is 2.53. The first-order valence-corrected chi connectivity index (χ1v) is 7.23. The van der Waals surface area contributed by atoms with Crippen LogP contribution >= 0.6 is 22.6 Å². The second kappa shape index (κ2) is 7.68. The minimum atomic E-state index is -0.0790. The number of aromatic amines is 1. The van der Waals surface area contributed by atoms with Crippen LogP contribution in [0.1, 0.15) is 39.5 Å². The molecular weight excluding hydrogens is 329 g/mol. The van der Waals surface area contributed by atoms with Gasteiger partial charge in [0.1, 0.15) is 9.39 Å². The van der Waals surface area contributed by atoms with E-state index in [1.54, 1.807) is 0 Å². The second-order valence-electron chi connectivity index (χ2n) is 4.19. The van der Waals surface area contributed by atoms with Gasteiger partial charge in [-0.3, -0.25) is 4.79 Å². The number of anilines is 1. The fourth-order valence-electron chi connectivity index (χ4n) is 1.69. The van der Waals surface area contributed by atoms with Gasteiger partial charge in [-0.1, -0.05) is 33.1 Å². The SMILES string of the molecule is CCCCC(CC)CNc1nc[nH]c(=O)c1I. The van der Waals surface area contributed by atoms with E-state index < -0.39 is 0 Å². The molecule has 1 atom stereocenters. The van der Waals surface area contributed by atoms with Crippen molar-refractivity contribution in [2.24, 2.45) is 5.92 Å². The highest BCUT2D eigenvalue weighted by molar-refractivity contribution is 14.1. The average Bonchev–Trinajstić information content (AvgIpc) is 2.34. The Morgan fingerprint density at radius 3 is 2.94 bits per heavy atom. The lowest BCUT2D eigenvalue weighted by atomic mass is 9.99. The Hall–Kier alpha value is -0.590. The summed E-state index contributed by atoms with van der Waals surface area (Å²) in [5, 5.41) is 3.28. The largest absolute Gasteiger partial charge is 0.369 e. The lowest BCUT2D eigenvalue weighted by Gasteiger charge is -2.15. The van der Waals surface area contributed by atoms with Gasteiger partial charge in [0, 0.05) is 6.54 Å². The molecule has 1 rings (SSSR count). The number of halogens is 1. The Labute approximate surface area is 116 Å². The lowest BCUT2D eigenvalue weighted by molar-refractivity contribution is 0.472. The lowest BCUT2D eigenvalue weighted by Crippen LogP contribution is -2.19. The normalized spacial score (nSPS) is 12.4. The molecule has 0 fully saturated rings. The molecule has 0 bridgehead atoms. The van der Waals surface area contributed by atoms with E-state index in [4.69, 9.17) is 0 Å². The molecule has 1 aromatic heterocycles. The highest BCUT2D eigenvalue weighted by atomic mass is 127. The van der Waals surface area contributed by atoms with E-state index in [-0.39, 0.29) is 5.56 Å². The zero-order valence-corrected chi connectivity index (χ0v) is 12.6. The van der Waals surface area contributed by atoms with Crippen molar-refractivity contribution in [1.82, 2.24) is 9.97 Å². The molecule has 96 valence electrons. The van der Waals surface area contributed by atoms with Crippen LogP contribution in [0.25, 0.3) is 0 Å². The summed E-state index contributed by atoms with van der Waals surface area (Å²) in [4.78, 5) is 18.1. The van der Waals surface area contributed by atoms with Crippen LogP contribution in [0.4, 0.5) is 5.82 Å². The third kappa shape index (κ3) is 4.65. The number of aromatic nitrogens is 2. The maximum Gasteiger partial charge on any atom is 0.266 e. The molecule has 0 aliphatic heterocycles. The molecule has 0 aromatic carbocycles. The van der Waals surface area contributed by atoms with Crippen molar-refractivity contribution < 1.29 is 0 Å². The Morgan fingerprint density at radius 2 is 2.29 bits per heavy atom. The molecule has 0 aliphatic rings. The van der Waals surface area contributed by atoms with Gasteiger partial charge in [0.2, 0.25) is 0 Å². The number of hydrogen-bond acceptors (Lipinski definition) is 3. The number of nitrogens with zero attached hydrogens (tertiary/aromatic N) is 1. The van der Waals surface area contributed by atoms with Gasteiger partial charge in [-0.25, -0.2) is 4.98 Å². The van der Waals surface area contributed by atoms with E-state index in [2.05, 4.69) is 29.1 Å². The molecule has 0 spiro atoms. The highest BCUT2D eigenvalue weighted by Crippen LogP contribution is 2.15. The van der Waals surface area contributed by atoms with Gasteiger partial charge >= 0.3 is 0 Å². The highest BCUT2D eigenvalue weighted by Gasteiger charge is 2.08. The van der Waals surface area contributed by atoms with Crippen molar-refractivity contribution >= 4 is 28.4 Å². The smallest absolute Gasteiger partial charge is 0.266 e. The van der Waals surface area contributed by atoms with E-state index in [0.29, 0.717) is 15.3 Å². The number of unbranched alkanes of at least 4 members (excludes halogenated alkanes) is 1. The summed E-state index contributed by atoms with van der Waals surface area (Å²) < 4.78 is 0.635. The molecule has 17 heavy (non-hydrogen) atoms. The first kappa shape index (κ1) is 14.5. The Bertz CT molecular complexity index is 392. The topological polar surface area (TPSA) is 57.8 Å². The summed E-state index contributed by atoms with van der Waals surface area (Å²) in [6, 6.07) is 0. The first-order chi connectivity index (χ1) is 8.19. The molecule has 0 aliphatic carbocycles. The minimum Gasteiger partial charge on any atom is -0.369 e. The van der Waals surface area contributed by atoms with Crippen molar-refractivity contribution in [3.8, 4) is 0 Å². The van der Waals surface area contributed by atoms with Gasteiger partial charge in [-0.2, -0.15) is 0 Å². The molecule has 1 unspecified atom stereocenters. The molecular formula is C12H20IN3O. The maximum atomic E-state index is 11.4. The average molecular weight is 349 g/mol. The van der Waals surface area contributed by atoms with Crippen LogP contribution in [-0.2, 0) is 0 Å². The molecule has 0 saturated heterocycles. The van der Waals surface area contributed by atoms with Gasteiger partial charge in [-0.05, 0) is 34.9 Å². The van der Waals surface area contributed by atoms with Gasteiger partial charge in [0.25, 0.3) is 5.56 Å². The van der Waals surface area contributed by atoms with E-state index >= 15 is 0 Å². The minimum absolute atomic E-state index is 0.0790. The second-order valence-corrected chi connectivity index (χ2v) is 5.27. The monoisotopic (exact) mass is 349 g/mol. The van der Waals surface area contributed by atoms with Crippen LogP contribution in [0.5, 0.6) is 0 Å². The summed E-state index contributed by atoms with van der Waals surface area (Å²) in [5.41, 5.74) is -0.0790. The van der Waals surface area contributed by atoms with Gasteiger partial charge in [-0.15, -0.1) is 0 Å². The summed E-state index contributed by atoms with van der Waals surface area (Å²) in [7, 11) is 0. The molecule has 0 radical (unpaired) electrons. The molecule has 4 nitrogen and oxygen atoms in total. The molecule has 2 N–H and O–H groups in total. The van der Waals surface area contributed by atoms with E-state index in [1.807, 2.05) is 22.6 Å². The predicted molar refractivity (Wildman–Crippen MR) is 79.4 cm³/mol. The van der Waals surface area contributed by atoms with Crippen LogP contribution in [0.3, 0.4) is 0 Å². The van der Waals surface area contributed by atoms with Crippen molar-refractivity contribution in [2.75, 3.05) is 11.9 Å². The van der Waals surface area contributed by atoms with Crippen molar-refractivity contribution in [3.63, 3.8) is 0 Å². The fourth-order valence-corrected chi connectivity index (χ4v) is 2.18. The van der Waals surface area contributed by atoms with Crippen molar-refractivity contribution in [3.05, 3.63) is 20.3 Å². The van der Waals surface area contributed by atoms with Crippen molar-refractivity contribution in [2.45, 2.75) is 39.5 Å². The van der Waals surface area contributed by atoms with Crippen LogP contribution in [0, 0.1) is 9.49 Å². The van der Waals surface area contributed by atoms with E-state index in [1.165, 1.54) is 25.6 Å². The Kier molecular flexibility index (Phi) is 6.54. The summed E-state index contributed by atoms with van der Waals surface area (Å²) >= 11 is 2.02. The van der Waals surface area contributed by atoms with Crippen LogP contribution in [-0.4, -0.2) is 16.5 Å². The first-order valence-electron chi connectivity index (χ1n) is 6.16. The summed E-state index contributed by atoms with van der Waals surface area (Å²) in [6.07, 6.45) is 6.34. The number of rotatable bonds is 7. The molecule has 5 heteroatoms. The van der Waals surface area contributed by atoms with Crippen LogP contribution in [0.15, 0.2) is 11.1 Å². The zero-order valence-electron chi connectivity index (χ0n) is 10.4. The van der Waals surface area contributed by atoms with Gasteiger partial charge < -0.3 is 10.3 Å². The van der Waals surface area contributed by atoms with E-state index in [9.17, 15) is 4.79 Å². The standard InChI is InChI=1S/C12H20IN3O/c1-3-5-6-9(4-2)7-14-11-10(13)12(17)16-8-15-11/h8-9H,3-7H2,1-2H3,(H2,14,15,16,17). The number of nitrogens with one attached hydrogen (secondary N) is 2. The van der Waals surface area contributed by atoms with Crippen molar-refractivity contribution in [1.29, 1.82) is 0 Å². The fraction of sp³-hybridized carbons (Fsp3) is 0.667. The molecule has 0 saturated carbocycles. The molecule has 0 amide bonds. The van der Waals surface area contributed by atoms with Crippen LogP contribution in [0.2, 0.25) is 0 Å². The number of H-pyrrole nitrogens is 1. The predicted octanol–water partition coefficient (Wildman–Crippen LogP) is 3.00. The number of hydrogen-bond donors (Lipinski definition) is 2. The molecule has 1 heterocycles. The third-order valence-corrected chi connectivity index (χ3v) is 3.90. The van der Waals surface area contributed by atoms with Gasteiger partial charge in [0.15, 0.2) is 0 Å². The van der Waals surface area contributed by atoms with Gasteiger partial charge in [0.05, 0.1) is 6.33 Å². The summed E-state index contributed by atoms with van der Waals surface area (Å²) in [5.74, 6) is 1.36. The summed E-state index contributed by atoms with van der Waals surface area (Å²) in [6.45, 7) is 5.31. The maximum absolute atomic E-state index is 11.4.